The molecule has 0 aromatic heterocycles. The lowest BCUT2D eigenvalue weighted by molar-refractivity contribution is 0.161. The second-order valence-corrected chi connectivity index (χ2v) is 3.97. The van der Waals surface area contributed by atoms with E-state index < -0.39 is 0 Å². The van der Waals surface area contributed by atoms with Gasteiger partial charge in [0.15, 0.2) is 0 Å². The number of rotatable bonds is 2. The Kier molecular flexibility index (Phi) is 3.44. The van der Waals surface area contributed by atoms with Gasteiger partial charge in [-0.1, -0.05) is 11.6 Å². The fraction of sp³-hybridized carbons (Fsp3) is 0.455. The molecule has 1 aromatic rings. The van der Waals surface area contributed by atoms with Crippen LogP contribution in [0.25, 0.3) is 0 Å². The first-order valence-corrected chi connectivity index (χ1v) is 5.38. The highest BCUT2D eigenvalue weighted by Gasteiger charge is 2.16. The van der Waals surface area contributed by atoms with E-state index in [-0.39, 0.29) is 11.9 Å². The van der Waals surface area contributed by atoms with Crippen LogP contribution in [0.2, 0.25) is 5.02 Å². The van der Waals surface area contributed by atoms with Gasteiger partial charge in [0.2, 0.25) is 0 Å². The topological polar surface area (TPSA) is 23.3 Å². The molecule has 0 N–H and O–H groups in total. The molecule has 1 aromatic carbocycles. The maximum absolute atomic E-state index is 12.8. The smallest absolute Gasteiger partial charge is 0.138 e. The highest BCUT2D eigenvalue weighted by atomic mass is 35.5. The third kappa shape index (κ3) is 2.83. The summed E-state index contributed by atoms with van der Waals surface area (Å²) in [4.78, 5) is 0. The van der Waals surface area contributed by atoms with Crippen LogP contribution in [0, 0.1) is 5.82 Å². The van der Waals surface area contributed by atoms with E-state index in [9.17, 15) is 4.39 Å². The molecule has 1 aliphatic rings. The first-order chi connectivity index (χ1) is 7.25. The van der Waals surface area contributed by atoms with Crippen molar-refractivity contribution in [3.63, 3.8) is 0 Å². The second kappa shape index (κ2) is 4.81. The Morgan fingerprint density at radius 1 is 1.33 bits per heavy atom. The maximum atomic E-state index is 12.8. The molecule has 15 heavy (non-hydrogen) atoms. The fourth-order valence-electron chi connectivity index (χ4n) is 1.59. The van der Waals surface area contributed by atoms with Gasteiger partial charge in [0.25, 0.3) is 0 Å². The van der Waals surface area contributed by atoms with Gasteiger partial charge in [0.1, 0.15) is 17.7 Å². The molecule has 0 saturated carbocycles. The largest absolute Gasteiger partial charge is 0.489 e. The molecule has 1 aliphatic heterocycles. The Morgan fingerprint density at radius 2 is 2.07 bits per heavy atom. The zero-order valence-corrected chi connectivity index (χ0v) is 9.01. The van der Waals surface area contributed by atoms with E-state index in [4.69, 9.17) is 16.3 Å². The Bertz CT molecular complexity index is 339. The van der Waals surface area contributed by atoms with Crippen molar-refractivity contribution in [3.8, 4) is 5.75 Å². The van der Waals surface area contributed by atoms with Crippen LogP contribution < -0.4 is 10.1 Å². The Morgan fingerprint density at radius 3 is 2.73 bits per heavy atom. The van der Waals surface area contributed by atoms with Gasteiger partial charge < -0.3 is 4.74 Å². The van der Waals surface area contributed by atoms with Gasteiger partial charge in [-0.3, -0.25) is 0 Å². The molecule has 1 saturated heterocycles. The van der Waals surface area contributed by atoms with Gasteiger partial charge in [0.05, 0.1) is 5.02 Å². The summed E-state index contributed by atoms with van der Waals surface area (Å²) in [6.07, 6.45) is 1.98. The van der Waals surface area contributed by atoms with Gasteiger partial charge in [-0.2, -0.15) is 0 Å². The normalized spacial score (nSPS) is 17.7. The molecule has 1 radical (unpaired) electrons. The number of nitrogens with zero attached hydrogens (tertiary/aromatic N) is 1. The van der Waals surface area contributed by atoms with Crippen LogP contribution in [0.4, 0.5) is 4.39 Å². The summed E-state index contributed by atoms with van der Waals surface area (Å²) >= 11 is 5.86. The van der Waals surface area contributed by atoms with E-state index >= 15 is 0 Å². The molecular weight excluding hydrogens is 217 g/mol. The molecule has 0 aliphatic carbocycles. The molecule has 1 fully saturated rings. The lowest BCUT2D eigenvalue weighted by Crippen LogP contribution is -2.30. The number of ether oxygens (including phenoxy) is 1. The van der Waals surface area contributed by atoms with Gasteiger partial charge in [-0.05, 0) is 31.0 Å². The Hall–Kier alpha value is -0.800. The number of benzene rings is 1. The molecule has 0 bridgehead atoms. The predicted molar refractivity (Wildman–Crippen MR) is 56.9 cm³/mol. The van der Waals surface area contributed by atoms with Crippen LogP contribution in [0.15, 0.2) is 18.2 Å². The van der Waals surface area contributed by atoms with Gasteiger partial charge in [-0.15, -0.1) is 0 Å². The highest BCUT2D eigenvalue weighted by molar-refractivity contribution is 6.32. The van der Waals surface area contributed by atoms with Crippen molar-refractivity contribution in [2.24, 2.45) is 0 Å². The summed E-state index contributed by atoms with van der Waals surface area (Å²) in [6.45, 7) is 1.67. The number of hydrogen-bond donors (Lipinski definition) is 0. The van der Waals surface area contributed by atoms with Crippen LogP contribution in [-0.4, -0.2) is 19.2 Å². The molecule has 4 heteroatoms. The summed E-state index contributed by atoms with van der Waals surface area (Å²) in [5, 5.41) is 4.56. The van der Waals surface area contributed by atoms with E-state index in [1.807, 2.05) is 0 Å². The van der Waals surface area contributed by atoms with Crippen molar-refractivity contribution in [2.45, 2.75) is 18.9 Å². The van der Waals surface area contributed by atoms with Crippen LogP contribution in [0.3, 0.4) is 0 Å². The highest BCUT2D eigenvalue weighted by Crippen LogP contribution is 2.27. The monoisotopic (exact) mass is 228 g/mol. The van der Waals surface area contributed by atoms with Crippen molar-refractivity contribution in [1.82, 2.24) is 5.32 Å². The zero-order chi connectivity index (χ0) is 10.7. The summed E-state index contributed by atoms with van der Waals surface area (Å²) in [5.41, 5.74) is 0. The minimum atomic E-state index is -0.342. The van der Waals surface area contributed by atoms with Crippen LogP contribution in [0.5, 0.6) is 5.75 Å². The average Bonchev–Trinajstić information content (AvgIpc) is 2.24. The van der Waals surface area contributed by atoms with Crippen molar-refractivity contribution in [1.29, 1.82) is 0 Å². The first-order valence-electron chi connectivity index (χ1n) is 5.00. The van der Waals surface area contributed by atoms with Crippen molar-refractivity contribution in [2.75, 3.05) is 13.1 Å². The molecule has 0 unspecified atom stereocenters. The number of piperidine rings is 1. The Labute approximate surface area is 93.4 Å². The number of halogens is 2. The minimum absolute atomic E-state index is 0.158. The lowest BCUT2D eigenvalue weighted by Gasteiger charge is -2.23. The fourth-order valence-corrected chi connectivity index (χ4v) is 1.81. The minimum Gasteiger partial charge on any atom is -0.489 e. The van der Waals surface area contributed by atoms with E-state index in [0.717, 1.165) is 25.9 Å². The predicted octanol–water partition coefficient (Wildman–Crippen LogP) is 2.62. The standard InChI is InChI=1S/C11H12ClFNO/c12-10-7-8(13)1-2-11(10)15-9-3-5-14-6-4-9/h1-2,7,9H,3-6H2. The van der Waals surface area contributed by atoms with E-state index in [1.165, 1.54) is 12.1 Å². The SMILES string of the molecule is Fc1ccc(OC2CC[N]CC2)c(Cl)c1. The van der Waals surface area contributed by atoms with Crippen LogP contribution in [0.1, 0.15) is 12.8 Å². The molecule has 0 atom stereocenters. The second-order valence-electron chi connectivity index (χ2n) is 3.56. The lowest BCUT2D eigenvalue weighted by atomic mass is 10.1. The van der Waals surface area contributed by atoms with E-state index in [0.29, 0.717) is 10.8 Å². The summed E-state index contributed by atoms with van der Waals surface area (Å²) < 4.78 is 18.5. The third-order valence-corrected chi connectivity index (χ3v) is 2.70. The molecule has 1 heterocycles. The van der Waals surface area contributed by atoms with Crippen molar-refractivity contribution >= 4 is 11.6 Å². The number of hydrogen-bond acceptors (Lipinski definition) is 1. The van der Waals surface area contributed by atoms with E-state index in [2.05, 4.69) is 5.32 Å². The zero-order valence-electron chi connectivity index (χ0n) is 8.25. The van der Waals surface area contributed by atoms with Gasteiger partial charge in [0, 0.05) is 13.1 Å². The van der Waals surface area contributed by atoms with Gasteiger partial charge >= 0.3 is 0 Å². The molecule has 0 amide bonds. The molecule has 81 valence electrons. The average molecular weight is 229 g/mol. The van der Waals surface area contributed by atoms with Crippen molar-refractivity contribution in [3.05, 3.63) is 29.0 Å². The first kappa shape index (κ1) is 10.7. The molecule has 0 spiro atoms. The van der Waals surface area contributed by atoms with E-state index in [1.54, 1.807) is 6.07 Å². The van der Waals surface area contributed by atoms with Crippen LogP contribution in [-0.2, 0) is 0 Å². The maximum Gasteiger partial charge on any atom is 0.138 e. The summed E-state index contributed by atoms with van der Waals surface area (Å²) in [5.74, 6) is 0.218. The summed E-state index contributed by atoms with van der Waals surface area (Å²) in [6, 6.07) is 4.20. The Balaban J connectivity index is 2.03. The molecular formula is C11H12ClFNO. The van der Waals surface area contributed by atoms with Crippen molar-refractivity contribution < 1.29 is 9.13 Å². The quantitative estimate of drug-likeness (QED) is 0.763. The molecule has 2 nitrogen and oxygen atoms in total. The third-order valence-electron chi connectivity index (χ3n) is 2.41. The molecule has 2 rings (SSSR count). The summed E-state index contributed by atoms with van der Waals surface area (Å²) in [7, 11) is 0. The van der Waals surface area contributed by atoms with Crippen LogP contribution >= 0.6 is 11.6 Å². The van der Waals surface area contributed by atoms with Gasteiger partial charge in [-0.25, -0.2) is 9.71 Å².